The Bertz CT molecular complexity index is 693. The van der Waals surface area contributed by atoms with Crippen LogP contribution >= 0.6 is 34.8 Å². The zero-order valence-electron chi connectivity index (χ0n) is 12.3. The number of amides is 1. The number of nitrogens with zero attached hydrogens (tertiary/aromatic N) is 3. The maximum absolute atomic E-state index is 11.2. The van der Waals surface area contributed by atoms with Gasteiger partial charge in [0.1, 0.15) is 0 Å². The molecule has 6 nitrogen and oxygen atoms in total. The molecule has 0 spiro atoms. The average Bonchev–Trinajstić information content (AvgIpc) is 2.46. The van der Waals surface area contributed by atoms with E-state index in [1.165, 1.54) is 6.92 Å². The molecule has 0 bridgehead atoms. The fraction of sp³-hybridized carbons (Fsp3) is 0.286. The van der Waals surface area contributed by atoms with Crippen molar-refractivity contribution in [1.29, 1.82) is 0 Å². The first-order chi connectivity index (χ1) is 10.8. The van der Waals surface area contributed by atoms with Crippen LogP contribution in [-0.2, 0) is 4.79 Å². The van der Waals surface area contributed by atoms with Gasteiger partial charge in [0.15, 0.2) is 10.7 Å². The maximum Gasteiger partial charge on any atom is 0.234 e. The number of rotatable bonds is 5. The zero-order chi connectivity index (χ0) is 17.0. The summed E-state index contributed by atoms with van der Waals surface area (Å²) in [4.78, 5) is 22.5. The summed E-state index contributed by atoms with van der Waals surface area (Å²) in [5, 5.41) is 6.25. The van der Waals surface area contributed by atoms with Crippen molar-refractivity contribution in [3.05, 3.63) is 40.7 Å². The van der Waals surface area contributed by atoms with Gasteiger partial charge in [-0.2, -0.15) is 15.0 Å². The Labute approximate surface area is 148 Å². The quantitative estimate of drug-likeness (QED) is 0.769. The number of halogens is 3. The van der Waals surface area contributed by atoms with Crippen molar-refractivity contribution in [2.24, 2.45) is 0 Å². The lowest BCUT2D eigenvalue weighted by molar-refractivity contribution is -0.114. The van der Waals surface area contributed by atoms with Crippen LogP contribution in [0.25, 0.3) is 0 Å². The minimum Gasteiger partial charge on any atom is -0.348 e. The smallest absolute Gasteiger partial charge is 0.234 e. The Hall–Kier alpha value is -1.63. The van der Waals surface area contributed by atoms with Gasteiger partial charge in [-0.25, -0.2) is 0 Å². The van der Waals surface area contributed by atoms with Gasteiger partial charge in [0.2, 0.25) is 17.8 Å². The third-order valence-corrected chi connectivity index (χ3v) is 3.49. The van der Waals surface area contributed by atoms with E-state index in [-0.39, 0.29) is 29.7 Å². The first kappa shape index (κ1) is 17.7. The molecule has 0 aliphatic heterocycles. The van der Waals surface area contributed by atoms with E-state index in [0.29, 0.717) is 5.02 Å². The molecule has 1 amide bonds. The lowest BCUT2D eigenvalue weighted by atomic mass is 10.1. The molecule has 0 fully saturated rings. The molecule has 2 rings (SSSR count). The number of anilines is 2. The van der Waals surface area contributed by atoms with E-state index in [1.54, 1.807) is 12.1 Å². The van der Waals surface area contributed by atoms with Gasteiger partial charge >= 0.3 is 0 Å². The molecule has 1 unspecified atom stereocenters. The predicted molar refractivity (Wildman–Crippen MR) is 92.1 cm³/mol. The predicted octanol–water partition coefficient (Wildman–Crippen LogP) is 4.13. The number of carbonyl (C=O) groups is 1. The minimum atomic E-state index is -0.933. The van der Waals surface area contributed by atoms with E-state index >= 15 is 0 Å². The van der Waals surface area contributed by atoms with Gasteiger partial charge in [-0.05, 0) is 24.6 Å². The second kappa shape index (κ2) is 7.77. The first-order valence-electron chi connectivity index (χ1n) is 6.69. The van der Waals surface area contributed by atoms with Crippen molar-refractivity contribution in [2.75, 3.05) is 10.6 Å². The van der Waals surface area contributed by atoms with E-state index in [0.717, 1.165) is 5.56 Å². The lowest BCUT2D eigenvalue weighted by Crippen LogP contribution is -2.15. The van der Waals surface area contributed by atoms with Gasteiger partial charge in [0.25, 0.3) is 0 Å². The monoisotopic (exact) mass is 373 g/mol. The zero-order valence-corrected chi connectivity index (χ0v) is 14.6. The van der Waals surface area contributed by atoms with Crippen molar-refractivity contribution in [3.8, 4) is 0 Å². The minimum absolute atomic E-state index is 0.0830. The van der Waals surface area contributed by atoms with Gasteiger partial charge in [-0.3, -0.25) is 10.1 Å². The van der Waals surface area contributed by atoms with Gasteiger partial charge < -0.3 is 5.32 Å². The van der Waals surface area contributed by atoms with E-state index in [2.05, 4.69) is 25.6 Å². The second-order valence-electron chi connectivity index (χ2n) is 4.74. The fourth-order valence-electron chi connectivity index (χ4n) is 1.80. The number of nitrogens with one attached hydrogen (secondary N) is 2. The van der Waals surface area contributed by atoms with Crippen molar-refractivity contribution < 1.29 is 4.79 Å². The molecule has 1 atom stereocenters. The summed E-state index contributed by atoms with van der Waals surface area (Å²) >= 11 is 17.5. The van der Waals surface area contributed by atoms with Crippen molar-refractivity contribution in [1.82, 2.24) is 15.0 Å². The highest BCUT2D eigenvalue weighted by Crippen LogP contribution is 2.24. The molecular weight excluding hydrogens is 361 g/mol. The van der Waals surface area contributed by atoms with Crippen LogP contribution in [0.15, 0.2) is 24.3 Å². The molecule has 0 aliphatic carbocycles. The summed E-state index contributed by atoms with van der Waals surface area (Å²) in [5.74, 6) is 0.185. The third kappa shape index (κ3) is 5.20. The Balaban J connectivity index is 2.25. The molecule has 9 heteroatoms. The molecule has 1 aromatic carbocycles. The van der Waals surface area contributed by atoms with Crippen LogP contribution in [0.1, 0.15) is 36.1 Å². The standard InChI is InChI=1S/C14H14Cl3N5O/c1-7(9-3-5-10(15)6-4-9)18-13-20-12(11(16)17)21-14(22-13)19-8(2)23/h3-7,11H,1-2H3,(H2,18,19,20,21,22,23). The van der Waals surface area contributed by atoms with E-state index in [1.807, 2.05) is 19.1 Å². The van der Waals surface area contributed by atoms with E-state index < -0.39 is 4.84 Å². The van der Waals surface area contributed by atoms with Crippen LogP contribution in [0.4, 0.5) is 11.9 Å². The maximum atomic E-state index is 11.2. The molecule has 0 radical (unpaired) electrons. The summed E-state index contributed by atoms with van der Waals surface area (Å²) in [7, 11) is 0. The van der Waals surface area contributed by atoms with Crippen LogP contribution < -0.4 is 10.6 Å². The Kier molecular flexibility index (Phi) is 5.98. The van der Waals surface area contributed by atoms with Gasteiger partial charge in [0, 0.05) is 11.9 Å². The second-order valence-corrected chi connectivity index (χ2v) is 6.27. The molecule has 2 aromatic rings. The fourth-order valence-corrected chi connectivity index (χ4v) is 2.12. The molecule has 0 aliphatic rings. The molecule has 2 N–H and O–H groups in total. The SMILES string of the molecule is CC(=O)Nc1nc(NC(C)c2ccc(Cl)cc2)nc(C(Cl)Cl)n1. The van der Waals surface area contributed by atoms with Gasteiger partial charge in [-0.1, -0.05) is 46.9 Å². The summed E-state index contributed by atoms with van der Waals surface area (Å²) in [6.07, 6.45) is 0. The normalized spacial score (nSPS) is 12.1. The highest BCUT2D eigenvalue weighted by molar-refractivity contribution is 6.43. The summed E-state index contributed by atoms with van der Waals surface area (Å²) < 4.78 is 0. The molecule has 1 heterocycles. The third-order valence-electron chi connectivity index (χ3n) is 2.85. The topological polar surface area (TPSA) is 79.8 Å². The lowest BCUT2D eigenvalue weighted by Gasteiger charge is -2.15. The highest BCUT2D eigenvalue weighted by Gasteiger charge is 2.15. The van der Waals surface area contributed by atoms with Crippen molar-refractivity contribution in [2.45, 2.75) is 24.7 Å². The highest BCUT2D eigenvalue weighted by atomic mass is 35.5. The molecule has 122 valence electrons. The number of alkyl halides is 2. The van der Waals surface area contributed by atoms with Crippen LogP contribution in [0.2, 0.25) is 5.02 Å². The number of hydrogen-bond acceptors (Lipinski definition) is 5. The van der Waals surface area contributed by atoms with Crippen LogP contribution in [0, 0.1) is 0 Å². The Morgan fingerprint density at radius 1 is 1.09 bits per heavy atom. The largest absolute Gasteiger partial charge is 0.348 e. The number of carbonyl (C=O) groups excluding carboxylic acids is 1. The Morgan fingerprint density at radius 2 is 1.70 bits per heavy atom. The van der Waals surface area contributed by atoms with Crippen LogP contribution in [0.5, 0.6) is 0 Å². The Morgan fingerprint density at radius 3 is 2.26 bits per heavy atom. The van der Waals surface area contributed by atoms with Crippen LogP contribution in [0.3, 0.4) is 0 Å². The van der Waals surface area contributed by atoms with Gasteiger partial charge in [-0.15, -0.1) is 0 Å². The molecule has 0 saturated heterocycles. The molecule has 23 heavy (non-hydrogen) atoms. The van der Waals surface area contributed by atoms with Crippen molar-refractivity contribution >= 4 is 52.6 Å². The molecule has 1 aromatic heterocycles. The number of benzene rings is 1. The van der Waals surface area contributed by atoms with Gasteiger partial charge in [0.05, 0.1) is 6.04 Å². The molecular formula is C14H14Cl3N5O. The number of aromatic nitrogens is 3. The summed E-state index contributed by atoms with van der Waals surface area (Å²) in [6.45, 7) is 3.29. The molecule has 0 saturated carbocycles. The van der Waals surface area contributed by atoms with E-state index in [4.69, 9.17) is 34.8 Å². The summed E-state index contributed by atoms with van der Waals surface area (Å²) in [6, 6.07) is 7.27. The van der Waals surface area contributed by atoms with E-state index in [9.17, 15) is 4.79 Å². The van der Waals surface area contributed by atoms with Crippen LogP contribution in [-0.4, -0.2) is 20.9 Å². The number of hydrogen-bond donors (Lipinski definition) is 2. The van der Waals surface area contributed by atoms with Crippen molar-refractivity contribution in [3.63, 3.8) is 0 Å². The first-order valence-corrected chi connectivity index (χ1v) is 7.94. The summed E-state index contributed by atoms with van der Waals surface area (Å²) in [5.41, 5.74) is 0.991. The average molecular weight is 375 g/mol.